The number of nitrogens with one attached hydrogen (secondary N) is 2. The molecule has 0 aromatic carbocycles. The molecule has 4 nitrogen and oxygen atoms in total. The summed E-state index contributed by atoms with van der Waals surface area (Å²) in [6.07, 6.45) is 5.59. The van der Waals surface area contributed by atoms with Gasteiger partial charge in [0, 0.05) is 25.6 Å². The van der Waals surface area contributed by atoms with E-state index in [0.717, 1.165) is 19.7 Å². The minimum Gasteiger partial charge on any atom is -0.378 e. The molecule has 1 saturated carbocycles. The molecule has 1 heterocycles. The smallest absolute Gasteiger partial charge is 0.221 e. The van der Waals surface area contributed by atoms with Gasteiger partial charge in [-0.2, -0.15) is 0 Å². The van der Waals surface area contributed by atoms with Gasteiger partial charge in [0.05, 0.1) is 13.2 Å². The molecule has 1 saturated heterocycles. The fourth-order valence-corrected chi connectivity index (χ4v) is 2.66. The average molecular weight is 240 g/mol. The van der Waals surface area contributed by atoms with Gasteiger partial charge in [-0.1, -0.05) is 13.3 Å². The van der Waals surface area contributed by atoms with Gasteiger partial charge >= 0.3 is 0 Å². The van der Waals surface area contributed by atoms with E-state index >= 15 is 0 Å². The van der Waals surface area contributed by atoms with E-state index in [1.165, 1.54) is 25.7 Å². The summed E-state index contributed by atoms with van der Waals surface area (Å²) in [6.45, 7) is 5.36. The molecule has 0 spiro atoms. The standard InChI is InChI=1S/C13H24N2O2/c1-2-13(4-3-5-13)10-15-12(16)8-11-9-17-7-6-14-11/h11,14H,2-10H2,1H3,(H,15,16). The van der Waals surface area contributed by atoms with Gasteiger partial charge in [0.1, 0.15) is 0 Å². The van der Waals surface area contributed by atoms with Crippen LogP contribution in [-0.2, 0) is 9.53 Å². The van der Waals surface area contributed by atoms with Crippen LogP contribution in [0, 0.1) is 5.41 Å². The van der Waals surface area contributed by atoms with Crippen molar-refractivity contribution in [2.75, 3.05) is 26.3 Å². The number of amides is 1. The van der Waals surface area contributed by atoms with Crippen molar-refractivity contribution in [1.29, 1.82) is 0 Å². The Kier molecular flexibility index (Phi) is 4.40. The summed E-state index contributed by atoms with van der Waals surface area (Å²) in [7, 11) is 0. The van der Waals surface area contributed by atoms with E-state index < -0.39 is 0 Å². The highest BCUT2D eigenvalue weighted by atomic mass is 16.5. The Morgan fingerprint density at radius 3 is 2.88 bits per heavy atom. The van der Waals surface area contributed by atoms with E-state index in [9.17, 15) is 4.79 Å². The second kappa shape index (κ2) is 5.83. The summed E-state index contributed by atoms with van der Waals surface area (Å²) in [5, 5.41) is 6.39. The molecule has 0 radical (unpaired) electrons. The fourth-order valence-electron chi connectivity index (χ4n) is 2.66. The van der Waals surface area contributed by atoms with Crippen molar-refractivity contribution in [3.63, 3.8) is 0 Å². The number of hydrogen-bond acceptors (Lipinski definition) is 3. The molecule has 2 aliphatic rings. The lowest BCUT2D eigenvalue weighted by molar-refractivity contribution is -0.123. The van der Waals surface area contributed by atoms with Gasteiger partial charge in [0.2, 0.25) is 5.91 Å². The Balaban J connectivity index is 1.66. The van der Waals surface area contributed by atoms with Crippen molar-refractivity contribution in [2.24, 2.45) is 5.41 Å². The SMILES string of the molecule is CCC1(CNC(=O)CC2COCCN2)CCC1. The van der Waals surface area contributed by atoms with Crippen LogP contribution in [0.4, 0.5) is 0 Å². The van der Waals surface area contributed by atoms with Crippen molar-refractivity contribution in [3.8, 4) is 0 Å². The molecule has 1 unspecified atom stereocenters. The minimum atomic E-state index is 0.160. The molecular formula is C13H24N2O2. The van der Waals surface area contributed by atoms with Crippen LogP contribution in [0.3, 0.4) is 0 Å². The van der Waals surface area contributed by atoms with Crippen LogP contribution in [0.5, 0.6) is 0 Å². The number of hydrogen-bond donors (Lipinski definition) is 2. The van der Waals surface area contributed by atoms with E-state index in [1.807, 2.05) is 0 Å². The van der Waals surface area contributed by atoms with Crippen molar-refractivity contribution < 1.29 is 9.53 Å². The van der Waals surface area contributed by atoms with Crippen LogP contribution in [0.1, 0.15) is 39.0 Å². The van der Waals surface area contributed by atoms with Crippen molar-refractivity contribution in [1.82, 2.24) is 10.6 Å². The van der Waals surface area contributed by atoms with Crippen molar-refractivity contribution in [2.45, 2.75) is 45.1 Å². The molecule has 2 N–H and O–H groups in total. The first-order valence-corrected chi connectivity index (χ1v) is 6.82. The van der Waals surface area contributed by atoms with Gasteiger partial charge in [0.25, 0.3) is 0 Å². The molecule has 1 aliphatic carbocycles. The van der Waals surface area contributed by atoms with Crippen molar-refractivity contribution >= 4 is 5.91 Å². The zero-order chi connectivity index (χ0) is 12.1. The summed E-state index contributed by atoms with van der Waals surface area (Å²) < 4.78 is 5.34. The molecule has 0 bridgehead atoms. The zero-order valence-corrected chi connectivity index (χ0v) is 10.8. The summed E-state index contributed by atoms with van der Waals surface area (Å²) in [5.74, 6) is 0.160. The number of morpholine rings is 1. The Hall–Kier alpha value is -0.610. The van der Waals surface area contributed by atoms with Gasteiger partial charge in [-0.15, -0.1) is 0 Å². The number of rotatable bonds is 5. The number of carbonyl (C=O) groups is 1. The maximum Gasteiger partial charge on any atom is 0.221 e. The lowest BCUT2D eigenvalue weighted by Crippen LogP contribution is -2.46. The van der Waals surface area contributed by atoms with E-state index in [-0.39, 0.29) is 11.9 Å². The molecule has 0 aromatic rings. The molecule has 2 rings (SSSR count). The van der Waals surface area contributed by atoms with Gasteiger partial charge in [-0.05, 0) is 24.7 Å². The van der Waals surface area contributed by atoms with Gasteiger partial charge in [-0.3, -0.25) is 4.79 Å². The Labute approximate surface area is 103 Å². The Morgan fingerprint density at radius 1 is 1.53 bits per heavy atom. The van der Waals surface area contributed by atoms with Crippen LogP contribution in [-0.4, -0.2) is 38.3 Å². The second-order valence-electron chi connectivity index (χ2n) is 5.41. The average Bonchev–Trinajstić information content (AvgIpc) is 2.29. The van der Waals surface area contributed by atoms with E-state index in [2.05, 4.69) is 17.6 Å². The summed E-state index contributed by atoms with van der Waals surface area (Å²) in [5.41, 5.74) is 0.409. The predicted octanol–water partition coefficient (Wildman–Crippen LogP) is 1.06. The largest absolute Gasteiger partial charge is 0.378 e. The van der Waals surface area contributed by atoms with Crippen LogP contribution < -0.4 is 10.6 Å². The topological polar surface area (TPSA) is 50.4 Å². The lowest BCUT2D eigenvalue weighted by Gasteiger charge is -2.41. The molecule has 2 fully saturated rings. The predicted molar refractivity (Wildman–Crippen MR) is 66.8 cm³/mol. The highest BCUT2D eigenvalue weighted by Gasteiger charge is 2.35. The highest BCUT2D eigenvalue weighted by Crippen LogP contribution is 2.42. The first-order valence-electron chi connectivity index (χ1n) is 6.82. The Bertz CT molecular complexity index is 253. The first-order chi connectivity index (χ1) is 8.24. The minimum absolute atomic E-state index is 0.160. The first kappa shape index (κ1) is 12.8. The van der Waals surface area contributed by atoms with Crippen LogP contribution in [0.2, 0.25) is 0 Å². The number of ether oxygens (including phenoxy) is 1. The summed E-state index contributed by atoms with van der Waals surface area (Å²) in [6, 6.07) is 0.197. The van der Waals surface area contributed by atoms with E-state index in [0.29, 0.717) is 18.4 Å². The lowest BCUT2D eigenvalue weighted by atomic mass is 9.67. The second-order valence-corrected chi connectivity index (χ2v) is 5.41. The molecule has 1 aliphatic heterocycles. The third kappa shape index (κ3) is 3.42. The van der Waals surface area contributed by atoms with Gasteiger partial charge in [-0.25, -0.2) is 0 Å². The number of carbonyl (C=O) groups excluding carboxylic acids is 1. The van der Waals surface area contributed by atoms with Crippen LogP contribution >= 0.6 is 0 Å². The maximum absolute atomic E-state index is 11.8. The molecule has 4 heteroatoms. The third-order valence-corrected chi connectivity index (χ3v) is 4.26. The molecular weight excluding hydrogens is 216 g/mol. The quantitative estimate of drug-likeness (QED) is 0.755. The molecule has 98 valence electrons. The molecule has 17 heavy (non-hydrogen) atoms. The van der Waals surface area contributed by atoms with Crippen LogP contribution in [0.15, 0.2) is 0 Å². The zero-order valence-electron chi connectivity index (χ0n) is 10.8. The van der Waals surface area contributed by atoms with Gasteiger partial charge in [0.15, 0.2) is 0 Å². The Morgan fingerprint density at radius 2 is 2.35 bits per heavy atom. The fraction of sp³-hybridized carbons (Fsp3) is 0.923. The van der Waals surface area contributed by atoms with Crippen LogP contribution in [0.25, 0.3) is 0 Å². The van der Waals surface area contributed by atoms with E-state index in [1.54, 1.807) is 0 Å². The van der Waals surface area contributed by atoms with E-state index in [4.69, 9.17) is 4.74 Å². The monoisotopic (exact) mass is 240 g/mol. The maximum atomic E-state index is 11.8. The molecule has 1 atom stereocenters. The summed E-state index contributed by atoms with van der Waals surface area (Å²) >= 11 is 0. The molecule has 1 amide bonds. The third-order valence-electron chi connectivity index (χ3n) is 4.26. The summed E-state index contributed by atoms with van der Waals surface area (Å²) in [4.78, 5) is 11.8. The van der Waals surface area contributed by atoms with Crippen molar-refractivity contribution in [3.05, 3.63) is 0 Å². The highest BCUT2D eigenvalue weighted by molar-refractivity contribution is 5.76. The molecule has 0 aromatic heterocycles. The normalized spacial score (nSPS) is 27.2. The van der Waals surface area contributed by atoms with Gasteiger partial charge < -0.3 is 15.4 Å².